The molecule has 0 bridgehead atoms. The summed E-state index contributed by atoms with van der Waals surface area (Å²) in [6.07, 6.45) is 5.79. The molecule has 0 aliphatic carbocycles. The summed E-state index contributed by atoms with van der Waals surface area (Å²) in [6.45, 7) is 2.15. The van der Waals surface area contributed by atoms with Crippen LogP contribution >= 0.6 is 11.3 Å². The van der Waals surface area contributed by atoms with Crippen molar-refractivity contribution in [3.8, 4) is 5.75 Å². The summed E-state index contributed by atoms with van der Waals surface area (Å²) in [5, 5.41) is 13.1. The zero-order chi connectivity index (χ0) is 16.7. The van der Waals surface area contributed by atoms with E-state index in [-0.39, 0.29) is 0 Å². The number of hydrogen-bond donors (Lipinski definition) is 2. The molecule has 1 aromatic heterocycles. The molecule has 0 spiro atoms. The van der Waals surface area contributed by atoms with Crippen LogP contribution in [-0.2, 0) is 12.8 Å². The molecule has 0 fully saturated rings. The van der Waals surface area contributed by atoms with Crippen molar-refractivity contribution in [3.63, 3.8) is 0 Å². The molecular weight excluding hydrogens is 322 g/mol. The van der Waals surface area contributed by atoms with Gasteiger partial charge in [-0.05, 0) is 48.8 Å². The highest BCUT2D eigenvalue weighted by Crippen LogP contribution is 2.41. The van der Waals surface area contributed by atoms with Gasteiger partial charge in [-0.1, -0.05) is 0 Å². The van der Waals surface area contributed by atoms with Crippen LogP contribution in [0.25, 0.3) is 0 Å². The first-order valence-electron chi connectivity index (χ1n) is 8.19. The van der Waals surface area contributed by atoms with Crippen LogP contribution in [0.3, 0.4) is 0 Å². The van der Waals surface area contributed by atoms with Gasteiger partial charge in [0.25, 0.3) is 5.91 Å². The van der Waals surface area contributed by atoms with E-state index >= 15 is 0 Å². The van der Waals surface area contributed by atoms with Crippen LogP contribution in [0.4, 0.5) is 10.7 Å². The van der Waals surface area contributed by atoms with Crippen molar-refractivity contribution in [2.75, 3.05) is 18.0 Å². The average molecular weight is 341 g/mol. The van der Waals surface area contributed by atoms with Crippen LogP contribution in [0, 0.1) is 0 Å². The van der Waals surface area contributed by atoms with Gasteiger partial charge in [0.15, 0.2) is 0 Å². The third kappa shape index (κ3) is 2.47. The molecule has 4 rings (SSSR count). The molecular formula is C18H19N3O2S. The number of carbonyl (C=O) groups excluding carboxylic acids is 1. The summed E-state index contributed by atoms with van der Waals surface area (Å²) >= 11 is 1.36. The van der Waals surface area contributed by atoms with Crippen LogP contribution in [0.5, 0.6) is 5.75 Å². The first kappa shape index (κ1) is 15.2. The van der Waals surface area contributed by atoms with Crippen LogP contribution in [-0.4, -0.2) is 30.3 Å². The highest BCUT2D eigenvalue weighted by atomic mass is 32.1. The number of phenols is 1. The van der Waals surface area contributed by atoms with E-state index in [1.807, 2.05) is 6.07 Å². The van der Waals surface area contributed by atoms with Crippen LogP contribution in [0.1, 0.15) is 39.9 Å². The Bertz CT molecular complexity index is 839. The molecule has 2 aliphatic rings. The number of thiophene rings is 1. The Labute approximate surface area is 144 Å². The maximum atomic E-state index is 11.4. The molecule has 0 unspecified atom stereocenters. The number of aryl methyl sites for hydroxylation is 1. The van der Waals surface area contributed by atoms with Crippen LogP contribution in [0.2, 0.25) is 0 Å². The van der Waals surface area contributed by atoms with Gasteiger partial charge in [0.05, 0.1) is 5.56 Å². The van der Waals surface area contributed by atoms with Gasteiger partial charge in [-0.3, -0.25) is 4.79 Å². The van der Waals surface area contributed by atoms with Gasteiger partial charge in [0.1, 0.15) is 10.8 Å². The van der Waals surface area contributed by atoms with Crippen LogP contribution < -0.4 is 10.6 Å². The second-order valence-electron chi connectivity index (χ2n) is 6.26. The number of aromatic hydroxyl groups is 1. The minimum absolute atomic E-state index is 0.321. The van der Waals surface area contributed by atoms with Gasteiger partial charge in [-0.15, -0.1) is 11.3 Å². The number of primary amides is 1. The Morgan fingerprint density at radius 1 is 1.33 bits per heavy atom. The summed E-state index contributed by atoms with van der Waals surface area (Å²) in [5.41, 5.74) is 10.1. The van der Waals surface area contributed by atoms with Crippen molar-refractivity contribution in [1.29, 1.82) is 0 Å². The summed E-state index contributed by atoms with van der Waals surface area (Å²) in [5.74, 6) is -0.162. The predicted octanol–water partition coefficient (Wildman–Crippen LogP) is 3.00. The lowest BCUT2D eigenvalue weighted by Crippen LogP contribution is -2.34. The van der Waals surface area contributed by atoms with Crippen molar-refractivity contribution in [2.45, 2.75) is 25.7 Å². The molecule has 0 saturated carbocycles. The standard InChI is InChI=1S/C18H19N3O2S/c19-17(23)14-5-8-24-18(14)20-10-12-9-11-3-1-6-21-7-2-4-13(15(11)21)16(12)22/h5,8-10,22H,1-4,6-7H2,(H2,19,23)/b20-10+. The van der Waals surface area contributed by atoms with Gasteiger partial charge in [0.2, 0.25) is 0 Å². The van der Waals surface area contributed by atoms with Crippen molar-refractivity contribution >= 4 is 34.1 Å². The van der Waals surface area contributed by atoms with Crippen molar-refractivity contribution in [2.24, 2.45) is 10.7 Å². The lowest BCUT2D eigenvalue weighted by atomic mass is 9.89. The molecule has 2 aromatic rings. The van der Waals surface area contributed by atoms with E-state index in [0.717, 1.165) is 49.9 Å². The first-order chi connectivity index (χ1) is 11.6. The number of rotatable bonds is 3. The maximum absolute atomic E-state index is 11.4. The fourth-order valence-corrected chi connectivity index (χ4v) is 4.43. The molecule has 1 aromatic carbocycles. The number of benzene rings is 1. The quantitative estimate of drug-likeness (QED) is 0.842. The monoisotopic (exact) mass is 341 g/mol. The summed E-state index contributed by atoms with van der Waals surface area (Å²) in [6, 6.07) is 3.71. The summed E-state index contributed by atoms with van der Waals surface area (Å²) in [4.78, 5) is 18.2. The Hall–Kier alpha value is -2.34. The number of hydrogen-bond acceptors (Lipinski definition) is 5. The number of anilines is 1. The Morgan fingerprint density at radius 3 is 2.92 bits per heavy atom. The van der Waals surface area contributed by atoms with E-state index in [1.54, 1.807) is 17.7 Å². The normalized spacial score (nSPS) is 16.4. The lowest BCUT2D eigenvalue weighted by Gasteiger charge is -2.37. The Morgan fingerprint density at radius 2 is 2.12 bits per heavy atom. The molecule has 2 aliphatic heterocycles. The number of aliphatic imine (C=N–C) groups is 1. The number of phenolic OH excluding ortho intramolecular Hbond substituents is 1. The minimum Gasteiger partial charge on any atom is -0.507 e. The molecule has 3 heterocycles. The van der Waals surface area contributed by atoms with Gasteiger partial charge < -0.3 is 15.7 Å². The molecule has 0 atom stereocenters. The van der Waals surface area contributed by atoms with Gasteiger partial charge in [-0.2, -0.15) is 0 Å². The van der Waals surface area contributed by atoms with Gasteiger partial charge in [0, 0.05) is 36.1 Å². The summed E-state index contributed by atoms with van der Waals surface area (Å²) in [7, 11) is 0. The number of nitrogens with zero attached hydrogens (tertiary/aromatic N) is 2. The smallest absolute Gasteiger partial charge is 0.251 e. The van der Waals surface area contributed by atoms with Crippen molar-refractivity contribution < 1.29 is 9.90 Å². The van der Waals surface area contributed by atoms with Crippen LogP contribution in [0.15, 0.2) is 22.5 Å². The van der Waals surface area contributed by atoms with E-state index < -0.39 is 5.91 Å². The molecule has 3 N–H and O–H groups in total. The number of amides is 1. The molecule has 0 saturated heterocycles. The predicted molar refractivity (Wildman–Crippen MR) is 97.1 cm³/mol. The molecule has 5 nitrogen and oxygen atoms in total. The first-order valence-corrected chi connectivity index (χ1v) is 9.07. The topological polar surface area (TPSA) is 78.9 Å². The second kappa shape index (κ2) is 5.94. The maximum Gasteiger partial charge on any atom is 0.251 e. The minimum atomic E-state index is -0.483. The molecule has 24 heavy (non-hydrogen) atoms. The molecule has 0 radical (unpaired) electrons. The molecule has 1 amide bonds. The summed E-state index contributed by atoms with van der Waals surface area (Å²) < 4.78 is 0. The fraction of sp³-hybridized carbons (Fsp3) is 0.333. The fourth-order valence-electron chi connectivity index (χ4n) is 3.68. The highest BCUT2D eigenvalue weighted by Gasteiger charge is 2.27. The van der Waals surface area contributed by atoms with Crippen molar-refractivity contribution in [3.05, 3.63) is 39.8 Å². The number of carbonyl (C=O) groups is 1. The SMILES string of the molecule is NC(=O)c1ccsc1/N=C/c1cc2c3c(c1O)CCCN3CCC2. The third-order valence-electron chi connectivity index (χ3n) is 4.76. The second-order valence-corrected chi connectivity index (χ2v) is 7.15. The zero-order valence-corrected chi connectivity index (χ0v) is 14.1. The average Bonchev–Trinajstić information content (AvgIpc) is 3.05. The molecule has 6 heteroatoms. The third-order valence-corrected chi connectivity index (χ3v) is 5.58. The lowest BCUT2D eigenvalue weighted by molar-refractivity contribution is 0.100. The highest BCUT2D eigenvalue weighted by molar-refractivity contribution is 7.14. The Kier molecular flexibility index (Phi) is 3.76. The Balaban J connectivity index is 1.75. The van der Waals surface area contributed by atoms with Gasteiger partial charge in [-0.25, -0.2) is 4.99 Å². The van der Waals surface area contributed by atoms with E-state index in [1.165, 1.54) is 22.6 Å². The van der Waals surface area contributed by atoms with E-state index in [9.17, 15) is 9.90 Å². The van der Waals surface area contributed by atoms with E-state index in [2.05, 4.69) is 9.89 Å². The van der Waals surface area contributed by atoms with E-state index in [0.29, 0.717) is 16.3 Å². The zero-order valence-electron chi connectivity index (χ0n) is 13.3. The van der Waals surface area contributed by atoms with Crippen molar-refractivity contribution in [1.82, 2.24) is 0 Å². The molecule has 124 valence electrons. The largest absolute Gasteiger partial charge is 0.507 e. The van der Waals surface area contributed by atoms with E-state index in [4.69, 9.17) is 5.73 Å². The number of nitrogens with two attached hydrogens (primary N) is 1. The van der Waals surface area contributed by atoms with Gasteiger partial charge >= 0.3 is 0 Å².